The summed E-state index contributed by atoms with van der Waals surface area (Å²) < 4.78 is 13.2. The largest absolute Gasteiger partial charge is 0.497 e. The van der Waals surface area contributed by atoms with Crippen molar-refractivity contribution in [1.29, 1.82) is 0 Å². The molecular formula is C30H28N4O3. The highest BCUT2D eigenvalue weighted by molar-refractivity contribution is 6.00. The Kier molecular flexibility index (Phi) is 6.18. The van der Waals surface area contributed by atoms with Crippen LogP contribution in [0.3, 0.4) is 0 Å². The number of fused-ring (bicyclic) bond motifs is 1. The molecule has 6 rings (SSSR count). The first-order chi connectivity index (χ1) is 18.2. The molecule has 0 saturated carbocycles. The monoisotopic (exact) mass is 492 g/mol. The smallest absolute Gasteiger partial charge is 0.257 e. The number of aromatic nitrogens is 3. The van der Waals surface area contributed by atoms with Crippen LogP contribution in [0.5, 0.6) is 5.75 Å². The van der Waals surface area contributed by atoms with E-state index in [1.807, 2.05) is 82.5 Å². The van der Waals surface area contributed by atoms with Gasteiger partial charge in [0.15, 0.2) is 11.5 Å². The van der Waals surface area contributed by atoms with Crippen LogP contribution in [0.25, 0.3) is 22.4 Å². The first-order valence-corrected chi connectivity index (χ1v) is 12.6. The Hall–Kier alpha value is -4.39. The van der Waals surface area contributed by atoms with E-state index in [1.165, 1.54) is 0 Å². The number of hydrogen-bond acceptors (Lipinski definition) is 5. The van der Waals surface area contributed by atoms with Gasteiger partial charge in [-0.1, -0.05) is 42.5 Å². The molecule has 5 aromatic rings. The normalized spacial score (nSPS) is 14.2. The number of ether oxygens (including phenoxy) is 1. The van der Waals surface area contributed by atoms with E-state index in [1.54, 1.807) is 7.11 Å². The Labute approximate surface area is 215 Å². The van der Waals surface area contributed by atoms with Gasteiger partial charge in [0.05, 0.1) is 19.2 Å². The van der Waals surface area contributed by atoms with Crippen molar-refractivity contribution in [3.8, 4) is 17.0 Å². The first kappa shape index (κ1) is 23.0. The van der Waals surface area contributed by atoms with Gasteiger partial charge in [-0.2, -0.15) is 5.10 Å². The van der Waals surface area contributed by atoms with Gasteiger partial charge in [0.1, 0.15) is 17.0 Å². The quantitative estimate of drug-likeness (QED) is 0.301. The second-order valence-electron chi connectivity index (χ2n) is 9.39. The second-order valence-corrected chi connectivity index (χ2v) is 9.39. The summed E-state index contributed by atoms with van der Waals surface area (Å²) in [6.45, 7) is 1.89. The van der Waals surface area contributed by atoms with E-state index in [2.05, 4.69) is 17.1 Å². The third-order valence-electron chi connectivity index (χ3n) is 6.98. The molecule has 0 aliphatic carbocycles. The molecule has 2 aromatic heterocycles. The van der Waals surface area contributed by atoms with Crippen LogP contribution in [0.15, 0.2) is 89.5 Å². The van der Waals surface area contributed by atoms with E-state index in [0.29, 0.717) is 30.9 Å². The third-order valence-corrected chi connectivity index (χ3v) is 6.98. The van der Waals surface area contributed by atoms with Crippen molar-refractivity contribution in [3.05, 3.63) is 102 Å². The van der Waals surface area contributed by atoms with Crippen LogP contribution >= 0.6 is 0 Å². The fourth-order valence-corrected chi connectivity index (χ4v) is 4.96. The van der Waals surface area contributed by atoms with Crippen LogP contribution < -0.4 is 4.74 Å². The number of piperidine rings is 1. The zero-order valence-corrected chi connectivity index (χ0v) is 20.7. The van der Waals surface area contributed by atoms with Crippen LogP contribution in [0.2, 0.25) is 0 Å². The molecular weight excluding hydrogens is 464 g/mol. The molecule has 0 unspecified atom stereocenters. The van der Waals surface area contributed by atoms with Crippen LogP contribution in [0, 0.1) is 0 Å². The summed E-state index contributed by atoms with van der Waals surface area (Å²) in [7, 11) is 1.64. The number of carbonyl (C=O) groups excluding carboxylic acids is 1. The molecule has 1 saturated heterocycles. The van der Waals surface area contributed by atoms with Crippen molar-refractivity contribution in [3.63, 3.8) is 0 Å². The number of benzene rings is 3. The average molecular weight is 493 g/mol. The fourth-order valence-electron chi connectivity index (χ4n) is 4.96. The molecule has 3 aromatic carbocycles. The third kappa shape index (κ3) is 4.72. The van der Waals surface area contributed by atoms with Crippen molar-refractivity contribution >= 4 is 17.0 Å². The molecule has 0 bridgehead atoms. The number of nitrogens with zero attached hydrogens (tertiary/aromatic N) is 4. The summed E-state index contributed by atoms with van der Waals surface area (Å²) in [6, 6.07) is 25.7. The molecule has 186 valence electrons. The minimum atomic E-state index is 0.00106. The van der Waals surface area contributed by atoms with E-state index >= 15 is 0 Å². The highest BCUT2D eigenvalue weighted by Crippen LogP contribution is 2.32. The molecule has 1 amide bonds. The van der Waals surface area contributed by atoms with Crippen molar-refractivity contribution < 1.29 is 13.9 Å². The van der Waals surface area contributed by atoms with Crippen LogP contribution in [0.1, 0.15) is 40.6 Å². The van der Waals surface area contributed by atoms with Gasteiger partial charge < -0.3 is 14.1 Å². The van der Waals surface area contributed by atoms with Crippen molar-refractivity contribution in [2.45, 2.75) is 25.3 Å². The molecule has 1 aliphatic heterocycles. The van der Waals surface area contributed by atoms with Crippen molar-refractivity contribution in [2.75, 3.05) is 20.2 Å². The lowest BCUT2D eigenvalue weighted by molar-refractivity contribution is 0.0707. The summed E-state index contributed by atoms with van der Waals surface area (Å²) in [5.41, 5.74) is 5.00. The second kappa shape index (κ2) is 9.93. The standard InChI is InChI=1S/C30H28N4O3/c1-36-24-13-11-22(12-14-24)28-25(20-34(32-28)19-21-7-3-2-4-8-21)30(35)33-17-15-23(16-18-33)29-31-26-9-5-6-10-27(26)37-29/h2-14,20,23H,15-19H2,1H3. The summed E-state index contributed by atoms with van der Waals surface area (Å²) >= 11 is 0. The first-order valence-electron chi connectivity index (χ1n) is 12.6. The Morgan fingerprint density at radius 1 is 0.973 bits per heavy atom. The van der Waals surface area contributed by atoms with Gasteiger partial charge in [0.2, 0.25) is 0 Å². The Morgan fingerprint density at radius 3 is 2.43 bits per heavy atom. The highest BCUT2D eigenvalue weighted by Gasteiger charge is 2.30. The van der Waals surface area contributed by atoms with Gasteiger partial charge in [0.25, 0.3) is 5.91 Å². The van der Waals surface area contributed by atoms with E-state index in [4.69, 9.17) is 14.3 Å². The molecule has 0 N–H and O–H groups in total. The number of likely N-dealkylation sites (tertiary alicyclic amines) is 1. The van der Waals surface area contributed by atoms with Crippen molar-refractivity contribution in [1.82, 2.24) is 19.7 Å². The van der Waals surface area contributed by atoms with Gasteiger partial charge in [-0.25, -0.2) is 4.98 Å². The van der Waals surface area contributed by atoms with Crippen LogP contribution in [-0.2, 0) is 6.54 Å². The Balaban J connectivity index is 1.24. The minimum absolute atomic E-state index is 0.00106. The average Bonchev–Trinajstić information content (AvgIpc) is 3.58. The Morgan fingerprint density at radius 2 is 1.70 bits per heavy atom. The zero-order valence-electron chi connectivity index (χ0n) is 20.7. The number of para-hydroxylation sites is 2. The number of amides is 1. The summed E-state index contributed by atoms with van der Waals surface area (Å²) in [5.74, 6) is 1.74. The topological polar surface area (TPSA) is 73.4 Å². The maximum atomic E-state index is 13.8. The molecule has 1 aliphatic rings. The van der Waals surface area contributed by atoms with Gasteiger partial charge in [0, 0.05) is 30.8 Å². The van der Waals surface area contributed by atoms with E-state index in [-0.39, 0.29) is 11.8 Å². The lowest BCUT2D eigenvalue weighted by Gasteiger charge is -2.30. The van der Waals surface area contributed by atoms with E-state index in [0.717, 1.165) is 46.7 Å². The molecule has 37 heavy (non-hydrogen) atoms. The molecule has 7 nitrogen and oxygen atoms in total. The van der Waals surface area contributed by atoms with Crippen LogP contribution in [-0.4, -0.2) is 45.8 Å². The zero-order chi connectivity index (χ0) is 25.2. The van der Waals surface area contributed by atoms with Gasteiger partial charge >= 0.3 is 0 Å². The SMILES string of the molecule is COc1ccc(-c2nn(Cc3ccccc3)cc2C(=O)N2CCC(c3nc4ccccc4o3)CC2)cc1. The Bertz CT molecular complexity index is 1480. The lowest BCUT2D eigenvalue weighted by atomic mass is 9.96. The molecule has 1 fully saturated rings. The summed E-state index contributed by atoms with van der Waals surface area (Å²) in [6.07, 6.45) is 3.50. The van der Waals surface area contributed by atoms with Crippen molar-refractivity contribution in [2.24, 2.45) is 0 Å². The number of rotatable bonds is 6. The van der Waals surface area contributed by atoms with Gasteiger partial charge in [-0.15, -0.1) is 0 Å². The lowest BCUT2D eigenvalue weighted by Crippen LogP contribution is -2.38. The predicted molar refractivity (Wildman–Crippen MR) is 142 cm³/mol. The number of methoxy groups -OCH3 is 1. The molecule has 0 spiro atoms. The molecule has 0 atom stereocenters. The number of oxazole rings is 1. The minimum Gasteiger partial charge on any atom is -0.497 e. The van der Waals surface area contributed by atoms with Gasteiger partial charge in [-0.3, -0.25) is 9.48 Å². The summed E-state index contributed by atoms with van der Waals surface area (Å²) in [5, 5.41) is 4.84. The van der Waals surface area contributed by atoms with E-state index < -0.39 is 0 Å². The maximum Gasteiger partial charge on any atom is 0.257 e. The van der Waals surface area contributed by atoms with Crippen LogP contribution in [0.4, 0.5) is 0 Å². The highest BCUT2D eigenvalue weighted by atomic mass is 16.5. The van der Waals surface area contributed by atoms with Gasteiger partial charge in [-0.05, 0) is 54.8 Å². The summed E-state index contributed by atoms with van der Waals surface area (Å²) in [4.78, 5) is 20.4. The predicted octanol–water partition coefficient (Wildman–Crippen LogP) is 5.77. The number of carbonyl (C=O) groups is 1. The van der Waals surface area contributed by atoms with E-state index in [9.17, 15) is 4.79 Å². The molecule has 3 heterocycles. The molecule has 0 radical (unpaired) electrons. The molecule has 7 heteroatoms. The fraction of sp³-hybridized carbons (Fsp3) is 0.233. The maximum absolute atomic E-state index is 13.8. The number of hydrogen-bond donors (Lipinski definition) is 0.